The van der Waals surface area contributed by atoms with Crippen LogP contribution in [0.4, 0.5) is 0 Å². The summed E-state index contributed by atoms with van der Waals surface area (Å²) >= 11 is 0. The van der Waals surface area contributed by atoms with E-state index < -0.39 is 96.1 Å². The van der Waals surface area contributed by atoms with Crippen molar-refractivity contribution in [3.05, 3.63) is 0 Å². The zero-order valence-electron chi connectivity index (χ0n) is 25.5. The average molecular weight is 600 g/mol. The Hall–Kier alpha value is -3.23. The molecule has 9 N–H and O–H groups in total. The fourth-order valence-corrected chi connectivity index (χ4v) is 4.05. The molecule has 2 unspecified atom stereocenters. The Morgan fingerprint density at radius 1 is 0.762 bits per heavy atom. The number of nitrogens with one attached hydrogen (secondary N) is 3. The van der Waals surface area contributed by atoms with Gasteiger partial charge in [0.2, 0.25) is 23.6 Å². The number of aliphatic hydroxyl groups is 2. The summed E-state index contributed by atoms with van der Waals surface area (Å²) in [4.78, 5) is 87.4. The van der Waals surface area contributed by atoms with E-state index in [-0.39, 0.29) is 31.6 Å². The van der Waals surface area contributed by atoms with Crippen molar-refractivity contribution in [3.63, 3.8) is 0 Å². The van der Waals surface area contributed by atoms with Crippen LogP contribution in [0.5, 0.6) is 0 Å². The second kappa shape index (κ2) is 19.1. The van der Waals surface area contributed by atoms with Crippen LogP contribution < -0.4 is 27.4 Å². The highest BCUT2D eigenvalue weighted by Gasteiger charge is 2.36. The van der Waals surface area contributed by atoms with E-state index in [1.807, 2.05) is 0 Å². The van der Waals surface area contributed by atoms with Crippen LogP contribution in [0.15, 0.2) is 0 Å². The van der Waals surface area contributed by atoms with Crippen LogP contribution in [0.25, 0.3) is 0 Å². The lowest BCUT2D eigenvalue weighted by Gasteiger charge is -2.29. The number of Topliss-reactive ketones (excluding diaryl/α,β-unsaturated/α-hetero) is 3. The van der Waals surface area contributed by atoms with Crippen molar-refractivity contribution in [2.45, 2.75) is 110 Å². The topological polar surface area (TPSA) is 248 Å². The van der Waals surface area contributed by atoms with E-state index in [1.165, 1.54) is 20.8 Å². The van der Waals surface area contributed by atoms with Crippen LogP contribution in [0.3, 0.4) is 0 Å². The molecular weight excluding hydrogens is 550 g/mol. The average Bonchev–Trinajstić information content (AvgIpc) is 2.92. The van der Waals surface area contributed by atoms with Gasteiger partial charge in [-0.15, -0.1) is 0 Å². The van der Waals surface area contributed by atoms with Crippen LogP contribution in [0.2, 0.25) is 0 Å². The van der Waals surface area contributed by atoms with Gasteiger partial charge in [0.05, 0.1) is 48.7 Å². The van der Waals surface area contributed by atoms with Crippen LogP contribution >= 0.6 is 0 Å². The van der Waals surface area contributed by atoms with Gasteiger partial charge in [0.1, 0.15) is 0 Å². The van der Waals surface area contributed by atoms with Crippen LogP contribution in [-0.2, 0) is 33.6 Å². The molecular formula is C28H49N5O9. The molecule has 14 nitrogen and oxygen atoms in total. The van der Waals surface area contributed by atoms with Gasteiger partial charge in [-0.3, -0.25) is 33.6 Å². The minimum atomic E-state index is -1.34. The number of aliphatic hydroxyl groups excluding tert-OH is 2. The van der Waals surface area contributed by atoms with Crippen molar-refractivity contribution < 1.29 is 43.8 Å². The largest absolute Gasteiger partial charge is 0.393 e. The Bertz CT molecular complexity index is 967. The van der Waals surface area contributed by atoms with Gasteiger partial charge in [-0.2, -0.15) is 0 Å². The van der Waals surface area contributed by atoms with Crippen LogP contribution in [0.1, 0.15) is 80.1 Å². The lowest BCUT2D eigenvalue weighted by Crippen LogP contribution is -2.52. The zero-order chi connectivity index (χ0) is 32.7. The van der Waals surface area contributed by atoms with Gasteiger partial charge >= 0.3 is 0 Å². The van der Waals surface area contributed by atoms with Gasteiger partial charge in [0.15, 0.2) is 17.3 Å². The third-order valence-electron chi connectivity index (χ3n) is 7.19. The molecule has 0 aromatic heterocycles. The second-order valence-corrected chi connectivity index (χ2v) is 10.9. The van der Waals surface area contributed by atoms with E-state index in [4.69, 9.17) is 11.5 Å². The van der Waals surface area contributed by atoms with E-state index >= 15 is 0 Å². The molecule has 0 heterocycles. The quantitative estimate of drug-likeness (QED) is 0.0814. The number of primary amides is 1. The summed E-state index contributed by atoms with van der Waals surface area (Å²) in [5.74, 6) is -7.21. The molecule has 0 bridgehead atoms. The van der Waals surface area contributed by atoms with Crippen LogP contribution in [-0.4, -0.2) is 88.1 Å². The SMILES string of the molecule is CCC(=O)CNC(=O)[C@@H](CC(=O)[C@@H](NC(=O)[C@@H](CC(=O)[C@H](CCC(N)=O)NC(=O)[C@H](C)N)C(C)O)[C@@H](C)CC)C(C)O. The van der Waals surface area contributed by atoms with Gasteiger partial charge in [0, 0.05) is 25.7 Å². The van der Waals surface area contributed by atoms with Gasteiger partial charge in [-0.25, -0.2) is 0 Å². The van der Waals surface area contributed by atoms with E-state index in [2.05, 4.69) is 16.0 Å². The van der Waals surface area contributed by atoms with Gasteiger partial charge in [0.25, 0.3) is 0 Å². The minimum Gasteiger partial charge on any atom is -0.393 e. The summed E-state index contributed by atoms with van der Waals surface area (Å²) in [5, 5.41) is 28.0. The first-order chi connectivity index (χ1) is 19.5. The van der Waals surface area contributed by atoms with E-state index in [9.17, 15) is 43.8 Å². The van der Waals surface area contributed by atoms with Gasteiger partial charge < -0.3 is 37.6 Å². The fourth-order valence-electron chi connectivity index (χ4n) is 4.05. The smallest absolute Gasteiger partial charge is 0.237 e. The molecule has 240 valence electrons. The number of hydrogen-bond acceptors (Lipinski definition) is 10. The molecule has 0 aliphatic heterocycles. The standard InChI is InChI=1S/C28H49N5O9/c1-7-14(3)25(23(38)12-19(16(5)34)27(41)31-13-18(36)8-2)33-28(42)20(17(6)35)11-22(37)21(9-10-24(30)39)32-26(40)15(4)29/h14-17,19-21,25,34-35H,7-13,29H2,1-6H3,(H2,30,39)(H,31,41)(H,32,40)(H,33,42)/t14-,15-,16?,17?,19-,20-,21-,25-/m0/s1. The highest BCUT2D eigenvalue weighted by Crippen LogP contribution is 2.19. The van der Waals surface area contributed by atoms with E-state index in [1.54, 1.807) is 20.8 Å². The summed E-state index contributed by atoms with van der Waals surface area (Å²) < 4.78 is 0. The van der Waals surface area contributed by atoms with Crippen molar-refractivity contribution in [2.75, 3.05) is 6.54 Å². The van der Waals surface area contributed by atoms with E-state index in [0.717, 1.165) is 0 Å². The molecule has 14 heteroatoms. The third-order valence-corrected chi connectivity index (χ3v) is 7.19. The molecule has 0 radical (unpaired) electrons. The Morgan fingerprint density at radius 2 is 1.29 bits per heavy atom. The first-order valence-corrected chi connectivity index (χ1v) is 14.3. The number of ketones is 3. The molecule has 0 aliphatic rings. The first-order valence-electron chi connectivity index (χ1n) is 14.3. The molecule has 0 saturated carbocycles. The summed E-state index contributed by atoms with van der Waals surface area (Å²) in [6, 6.07) is -3.26. The van der Waals surface area contributed by atoms with Crippen molar-refractivity contribution in [3.8, 4) is 0 Å². The summed E-state index contributed by atoms with van der Waals surface area (Å²) in [7, 11) is 0. The molecule has 42 heavy (non-hydrogen) atoms. The maximum Gasteiger partial charge on any atom is 0.237 e. The molecule has 0 saturated heterocycles. The van der Waals surface area contributed by atoms with E-state index in [0.29, 0.717) is 6.42 Å². The highest BCUT2D eigenvalue weighted by atomic mass is 16.3. The predicted octanol–water partition coefficient (Wildman–Crippen LogP) is -1.38. The predicted molar refractivity (Wildman–Crippen MR) is 153 cm³/mol. The summed E-state index contributed by atoms with van der Waals surface area (Å²) in [6.45, 7) is 8.91. The maximum absolute atomic E-state index is 13.3. The number of hydrogen-bond donors (Lipinski definition) is 7. The summed E-state index contributed by atoms with van der Waals surface area (Å²) in [6.07, 6.45) is -3.24. The summed E-state index contributed by atoms with van der Waals surface area (Å²) in [5.41, 5.74) is 10.7. The van der Waals surface area contributed by atoms with Gasteiger partial charge in [-0.05, 0) is 33.1 Å². The molecule has 0 rings (SSSR count). The number of rotatable bonds is 21. The molecule has 0 fully saturated rings. The second-order valence-electron chi connectivity index (χ2n) is 10.9. The lowest BCUT2D eigenvalue weighted by molar-refractivity contribution is -0.138. The Kier molecular flexibility index (Phi) is 17.6. The maximum atomic E-state index is 13.3. The fraction of sp³-hybridized carbons (Fsp3) is 0.750. The number of carbonyl (C=O) groups excluding carboxylic acids is 7. The zero-order valence-corrected chi connectivity index (χ0v) is 25.5. The molecule has 4 amide bonds. The first kappa shape index (κ1) is 38.8. The lowest BCUT2D eigenvalue weighted by atomic mass is 9.86. The Balaban J connectivity index is 5.86. The van der Waals surface area contributed by atoms with Crippen molar-refractivity contribution in [1.29, 1.82) is 0 Å². The number of carbonyl (C=O) groups is 7. The van der Waals surface area contributed by atoms with Crippen molar-refractivity contribution >= 4 is 41.0 Å². The molecule has 0 aromatic carbocycles. The number of nitrogens with two attached hydrogens (primary N) is 2. The van der Waals surface area contributed by atoms with Crippen molar-refractivity contribution in [1.82, 2.24) is 16.0 Å². The monoisotopic (exact) mass is 599 g/mol. The highest BCUT2D eigenvalue weighted by molar-refractivity contribution is 5.96. The molecule has 0 spiro atoms. The molecule has 0 aromatic rings. The van der Waals surface area contributed by atoms with Crippen LogP contribution in [0, 0.1) is 17.8 Å². The Morgan fingerprint density at radius 3 is 1.74 bits per heavy atom. The normalized spacial score (nSPS) is 16.9. The molecule has 0 aliphatic carbocycles. The third kappa shape index (κ3) is 13.6. The Labute approximate surface area is 247 Å². The van der Waals surface area contributed by atoms with Crippen molar-refractivity contribution in [2.24, 2.45) is 29.2 Å². The van der Waals surface area contributed by atoms with Gasteiger partial charge in [-0.1, -0.05) is 27.2 Å². The molecule has 8 atom stereocenters. The number of amides is 4. The minimum absolute atomic E-state index is 0.137.